The number of nitrogens with two attached hydrogens (primary N) is 1. The molecule has 3 N–H and O–H groups in total. The highest BCUT2D eigenvalue weighted by Gasteiger charge is 2.40. The van der Waals surface area contributed by atoms with Gasteiger partial charge in [-0.25, -0.2) is 4.79 Å². The zero-order valence-corrected chi connectivity index (χ0v) is 29.7. The minimum absolute atomic E-state index is 0.0113. The molecule has 5 saturated heterocycles. The lowest BCUT2D eigenvalue weighted by atomic mass is 9.83. The Morgan fingerprint density at radius 1 is 0.979 bits per heavy atom. The minimum atomic E-state index is -0.474. The number of amides is 4. The van der Waals surface area contributed by atoms with Crippen molar-refractivity contribution in [3.05, 3.63) is 44.6 Å². The third-order valence-corrected chi connectivity index (χ3v) is 12.9. The standard InChI is InChI=1S/C36H50ClN7O3S/c1-2-25-17-24(19-30(37)34(25)38)18-28(35(46)43-15-13-41(14-16-43)32-21-40-8-3-26(32)4-9-40)20-33(45)42-10-6-29(7-11-42)44-12-5-27-22-48-23-31(27)39-36(44)47/h17,19,22-23,26,28-29,32H,2-16,18,20-21,38H2,1H3,(H,39,47)/t28-,32?/m0/s1. The predicted molar refractivity (Wildman–Crippen MR) is 192 cm³/mol. The first kappa shape index (κ1) is 33.6. The summed E-state index contributed by atoms with van der Waals surface area (Å²) in [6.45, 7) is 10.7. The van der Waals surface area contributed by atoms with Crippen LogP contribution in [-0.4, -0.2) is 120 Å². The van der Waals surface area contributed by atoms with E-state index < -0.39 is 5.92 Å². The smallest absolute Gasteiger partial charge is 0.322 e. The number of thiophene rings is 1. The Morgan fingerprint density at radius 2 is 1.73 bits per heavy atom. The summed E-state index contributed by atoms with van der Waals surface area (Å²) < 4.78 is 0. The van der Waals surface area contributed by atoms with Crippen LogP contribution in [0.15, 0.2) is 22.9 Å². The molecule has 2 atom stereocenters. The van der Waals surface area contributed by atoms with Gasteiger partial charge in [-0.05, 0) is 92.1 Å². The zero-order chi connectivity index (χ0) is 33.4. The van der Waals surface area contributed by atoms with Gasteiger partial charge in [0.2, 0.25) is 11.8 Å². The van der Waals surface area contributed by atoms with E-state index in [1.807, 2.05) is 39.1 Å². The van der Waals surface area contributed by atoms with Crippen molar-refractivity contribution in [3.8, 4) is 0 Å². The Hall–Kier alpha value is -2.86. The van der Waals surface area contributed by atoms with Crippen molar-refractivity contribution < 1.29 is 14.4 Å². The molecule has 260 valence electrons. The van der Waals surface area contributed by atoms with E-state index in [0.29, 0.717) is 55.9 Å². The van der Waals surface area contributed by atoms with Crippen LogP contribution in [0, 0.1) is 11.8 Å². The van der Waals surface area contributed by atoms with Crippen molar-refractivity contribution in [1.29, 1.82) is 0 Å². The summed E-state index contributed by atoms with van der Waals surface area (Å²) in [6, 6.07) is 4.56. The largest absolute Gasteiger partial charge is 0.397 e. The highest BCUT2D eigenvalue weighted by molar-refractivity contribution is 7.08. The van der Waals surface area contributed by atoms with E-state index in [2.05, 4.69) is 20.5 Å². The number of likely N-dealkylation sites (tertiary alicyclic amines) is 1. The number of rotatable bonds is 8. The number of halogens is 1. The van der Waals surface area contributed by atoms with Gasteiger partial charge in [-0.15, -0.1) is 11.3 Å². The number of carbonyl (C=O) groups excluding carboxylic acids is 3. The predicted octanol–water partition coefficient (Wildman–Crippen LogP) is 4.41. The number of benzene rings is 1. The van der Waals surface area contributed by atoms with E-state index in [9.17, 15) is 14.4 Å². The van der Waals surface area contributed by atoms with Crippen LogP contribution >= 0.6 is 22.9 Å². The van der Waals surface area contributed by atoms with Crippen LogP contribution in [0.4, 0.5) is 16.2 Å². The number of nitrogens with zero attached hydrogens (tertiary/aromatic N) is 5. The number of nitrogen functional groups attached to an aromatic ring is 1. The fourth-order valence-electron chi connectivity index (χ4n) is 8.83. The highest BCUT2D eigenvalue weighted by atomic mass is 35.5. The molecule has 5 fully saturated rings. The molecule has 0 radical (unpaired) electrons. The monoisotopic (exact) mass is 695 g/mol. The molecule has 2 aromatic rings. The molecular formula is C36H50ClN7O3S. The molecule has 6 aliphatic heterocycles. The second kappa shape index (κ2) is 14.5. The average molecular weight is 696 g/mol. The summed E-state index contributed by atoms with van der Waals surface area (Å²) in [7, 11) is 0. The molecule has 6 aliphatic rings. The lowest BCUT2D eigenvalue weighted by molar-refractivity contribution is -0.143. The molecule has 7 heterocycles. The fourth-order valence-corrected chi connectivity index (χ4v) is 9.91. The average Bonchev–Trinajstić information content (AvgIpc) is 3.49. The Labute approximate surface area is 293 Å². The van der Waals surface area contributed by atoms with Crippen LogP contribution in [0.25, 0.3) is 0 Å². The van der Waals surface area contributed by atoms with E-state index in [1.54, 1.807) is 11.3 Å². The molecule has 8 rings (SSSR count). The van der Waals surface area contributed by atoms with Crippen LogP contribution in [0.1, 0.15) is 55.7 Å². The van der Waals surface area contributed by atoms with Crippen LogP contribution in [-0.2, 0) is 28.9 Å². The Kier molecular flexibility index (Phi) is 10.2. The lowest BCUT2D eigenvalue weighted by Gasteiger charge is -2.51. The summed E-state index contributed by atoms with van der Waals surface area (Å²) in [6.07, 6.45) is 6.24. The van der Waals surface area contributed by atoms with Crippen molar-refractivity contribution in [2.24, 2.45) is 11.8 Å². The number of nitrogens with one attached hydrogen (secondary N) is 1. The Bertz CT molecular complexity index is 1490. The number of carbonyl (C=O) groups is 3. The summed E-state index contributed by atoms with van der Waals surface area (Å²) in [5, 5.41) is 7.68. The van der Waals surface area contributed by atoms with Crippen LogP contribution in [0.5, 0.6) is 0 Å². The zero-order valence-electron chi connectivity index (χ0n) is 28.2. The number of anilines is 2. The first-order valence-corrected chi connectivity index (χ1v) is 19.3. The van der Waals surface area contributed by atoms with Gasteiger partial charge in [-0.2, -0.15) is 0 Å². The normalized spacial score (nSPS) is 25.8. The molecule has 1 unspecified atom stereocenters. The third-order valence-electron chi connectivity index (χ3n) is 11.7. The van der Waals surface area contributed by atoms with Gasteiger partial charge in [-0.3, -0.25) is 14.5 Å². The number of piperazine rings is 1. The lowest BCUT2D eigenvalue weighted by Crippen LogP contribution is -2.61. The summed E-state index contributed by atoms with van der Waals surface area (Å²) in [5.41, 5.74) is 10.8. The summed E-state index contributed by atoms with van der Waals surface area (Å²) >= 11 is 8.15. The van der Waals surface area contributed by atoms with E-state index in [-0.39, 0.29) is 30.3 Å². The van der Waals surface area contributed by atoms with Crippen molar-refractivity contribution in [3.63, 3.8) is 0 Å². The van der Waals surface area contributed by atoms with Crippen LogP contribution in [0.2, 0.25) is 5.02 Å². The minimum Gasteiger partial charge on any atom is -0.397 e. The van der Waals surface area contributed by atoms with Crippen LogP contribution in [0.3, 0.4) is 0 Å². The molecule has 2 bridgehead atoms. The molecular weight excluding hydrogens is 646 g/mol. The molecule has 4 amide bonds. The number of piperidine rings is 4. The van der Waals surface area contributed by atoms with E-state index in [1.165, 1.54) is 31.5 Å². The quantitative estimate of drug-likeness (QED) is 0.397. The first-order valence-electron chi connectivity index (χ1n) is 18.0. The third kappa shape index (κ3) is 7.06. The van der Waals surface area contributed by atoms with Gasteiger partial charge in [0.15, 0.2) is 0 Å². The number of fused-ring (bicyclic) bond motifs is 4. The molecule has 1 aromatic heterocycles. The summed E-state index contributed by atoms with van der Waals surface area (Å²) in [5.74, 6) is 0.374. The van der Waals surface area contributed by atoms with E-state index >= 15 is 0 Å². The maximum atomic E-state index is 14.3. The summed E-state index contributed by atoms with van der Waals surface area (Å²) in [4.78, 5) is 52.2. The Balaban J connectivity index is 0.996. The second-order valence-corrected chi connectivity index (χ2v) is 15.6. The maximum Gasteiger partial charge on any atom is 0.322 e. The van der Waals surface area contributed by atoms with Crippen molar-refractivity contribution >= 4 is 52.2 Å². The number of urea groups is 1. The van der Waals surface area contributed by atoms with Crippen molar-refractivity contribution in [2.75, 3.05) is 76.5 Å². The first-order chi connectivity index (χ1) is 23.3. The SMILES string of the molecule is CCc1cc(C[C@@H](CC(=O)N2CCC(N3CCc4cscc4NC3=O)CC2)C(=O)N2CCN(C3CN4CCC3CC4)CC2)cc(Cl)c1N. The van der Waals surface area contributed by atoms with Gasteiger partial charge < -0.3 is 30.7 Å². The van der Waals surface area contributed by atoms with Gasteiger partial charge in [0.1, 0.15) is 0 Å². The molecule has 0 aliphatic carbocycles. The molecule has 10 nitrogen and oxygen atoms in total. The van der Waals surface area contributed by atoms with Crippen LogP contribution < -0.4 is 11.1 Å². The topological polar surface area (TPSA) is 105 Å². The van der Waals surface area contributed by atoms with Gasteiger partial charge in [-0.1, -0.05) is 24.6 Å². The van der Waals surface area contributed by atoms with E-state index in [4.69, 9.17) is 17.3 Å². The maximum absolute atomic E-state index is 14.3. The van der Waals surface area contributed by atoms with Crippen molar-refractivity contribution in [1.82, 2.24) is 24.5 Å². The number of hydrogen-bond donors (Lipinski definition) is 2. The van der Waals surface area contributed by atoms with Gasteiger partial charge in [0.05, 0.1) is 22.3 Å². The fraction of sp³-hybridized carbons (Fsp3) is 0.639. The molecule has 48 heavy (non-hydrogen) atoms. The van der Waals surface area contributed by atoms with Gasteiger partial charge >= 0.3 is 6.03 Å². The highest BCUT2D eigenvalue weighted by Crippen LogP contribution is 2.33. The van der Waals surface area contributed by atoms with Gasteiger partial charge in [0, 0.05) is 76.2 Å². The van der Waals surface area contributed by atoms with Gasteiger partial charge in [0.25, 0.3) is 0 Å². The Morgan fingerprint density at radius 3 is 2.42 bits per heavy atom. The van der Waals surface area contributed by atoms with E-state index in [0.717, 1.165) is 68.0 Å². The number of aryl methyl sites for hydroxylation is 1. The second-order valence-electron chi connectivity index (χ2n) is 14.5. The molecule has 12 heteroatoms. The van der Waals surface area contributed by atoms with Crippen molar-refractivity contribution in [2.45, 2.75) is 70.4 Å². The number of hydrogen-bond acceptors (Lipinski definition) is 7. The molecule has 0 spiro atoms. The molecule has 0 saturated carbocycles. The molecule has 1 aromatic carbocycles.